The van der Waals surface area contributed by atoms with Crippen LogP contribution < -0.4 is 15.4 Å². The number of halogens is 1. The second kappa shape index (κ2) is 6.99. The molecule has 0 radical (unpaired) electrons. The predicted molar refractivity (Wildman–Crippen MR) is 86.3 cm³/mol. The number of anilines is 2. The van der Waals surface area contributed by atoms with Gasteiger partial charge in [-0.05, 0) is 42.8 Å². The van der Waals surface area contributed by atoms with Crippen LogP contribution in [0.2, 0.25) is 5.02 Å². The number of benzene rings is 2. The summed E-state index contributed by atoms with van der Waals surface area (Å²) in [6.45, 7) is 2.11. The predicted octanol–water partition coefficient (Wildman–Crippen LogP) is 3.71. The van der Waals surface area contributed by atoms with Crippen LogP contribution >= 0.6 is 11.6 Å². The molecule has 2 aromatic carbocycles. The van der Waals surface area contributed by atoms with Crippen molar-refractivity contribution >= 4 is 28.9 Å². The highest BCUT2D eigenvalue weighted by Gasteiger charge is 2.07. The van der Waals surface area contributed by atoms with E-state index in [-0.39, 0.29) is 12.5 Å². The summed E-state index contributed by atoms with van der Waals surface area (Å²) in [5.74, 6) is 0.505. The van der Waals surface area contributed by atoms with E-state index in [2.05, 4.69) is 10.6 Å². The Morgan fingerprint density at radius 3 is 2.76 bits per heavy atom. The molecule has 0 saturated carbocycles. The van der Waals surface area contributed by atoms with Crippen LogP contribution in [0.5, 0.6) is 5.75 Å². The Bertz CT molecular complexity index is 644. The summed E-state index contributed by atoms with van der Waals surface area (Å²) in [7, 11) is 1.57. The molecule has 2 aromatic rings. The van der Waals surface area contributed by atoms with Gasteiger partial charge in [0, 0.05) is 10.7 Å². The standard InChI is InChI=1S/C16H17ClN2O2/c1-11-4-3-5-13(8-11)19-16(20)10-18-14-9-12(17)6-7-15(14)21-2/h3-9,18H,10H2,1-2H3,(H,19,20). The molecule has 0 aliphatic carbocycles. The van der Waals surface area contributed by atoms with Gasteiger partial charge in [-0.15, -0.1) is 0 Å². The Hall–Kier alpha value is -2.20. The van der Waals surface area contributed by atoms with Crippen molar-refractivity contribution in [1.29, 1.82) is 0 Å². The minimum absolute atomic E-state index is 0.130. The van der Waals surface area contributed by atoms with Gasteiger partial charge in [0.1, 0.15) is 5.75 Å². The van der Waals surface area contributed by atoms with Crippen LogP contribution in [0.1, 0.15) is 5.56 Å². The summed E-state index contributed by atoms with van der Waals surface area (Å²) in [6, 6.07) is 12.9. The number of rotatable bonds is 5. The molecule has 0 fully saturated rings. The van der Waals surface area contributed by atoms with Gasteiger partial charge < -0.3 is 15.4 Å². The molecule has 0 aliphatic heterocycles. The number of nitrogens with one attached hydrogen (secondary N) is 2. The van der Waals surface area contributed by atoms with Crippen molar-refractivity contribution in [2.75, 3.05) is 24.3 Å². The second-order valence-corrected chi connectivity index (χ2v) is 5.05. The van der Waals surface area contributed by atoms with E-state index < -0.39 is 0 Å². The summed E-state index contributed by atoms with van der Waals surface area (Å²) in [5.41, 5.74) is 2.56. The first-order valence-corrected chi connectivity index (χ1v) is 6.90. The highest BCUT2D eigenvalue weighted by molar-refractivity contribution is 6.30. The van der Waals surface area contributed by atoms with Crippen molar-refractivity contribution in [2.45, 2.75) is 6.92 Å². The Morgan fingerprint density at radius 1 is 1.24 bits per heavy atom. The molecular formula is C16H17ClN2O2. The van der Waals surface area contributed by atoms with Crippen LogP contribution in [0.25, 0.3) is 0 Å². The maximum atomic E-state index is 11.9. The molecule has 2 rings (SSSR count). The lowest BCUT2D eigenvalue weighted by Gasteiger charge is -2.12. The number of hydrogen-bond acceptors (Lipinski definition) is 3. The van der Waals surface area contributed by atoms with Crippen LogP contribution in [0.3, 0.4) is 0 Å². The molecule has 110 valence electrons. The van der Waals surface area contributed by atoms with Crippen LogP contribution in [-0.4, -0.2) is 19.6 Å². The summed E-state index contributed by atoms with van der Waals surface area (Å²) in [6.07, 6.45) is 0. The van der Waals surface area contributed by atoms with Crippen LogP contribution in [0.4, 0.5) is 11.4 Å². The Kier molecular flexibility index (Phi) is 5.06. The lowest BCUT2D eigenvalue weighted by Crippen LogP contribution is -2.22. The van der Waals surface area contributed by atoms with Gasteiger partial charge in [-0.1, -0.05) is 23.7 Å². The van der Waals surface area contributed by atoms with Crippen LogP contribution in [0, 0.1) is 6.92 Å². The van der Waals surface area contributed by atoms with E-state index in [0.29, 0.717) is 16.5 Å². The number of ether oxygens (including phenoxy) is 1. The molecule has 0 unspecified atom stereocenters. The first-order chi connectivity index (χ1) is 10.1. The normalized spacial score (nSPS) is 10.0. The van der Waals surface area contributed by atoms with E-state index in [1.807, 2.05) is 31.2 Å². The molecular weight excluding hydrogens is 288 g/mol. The van der Waals surface area contributed by atoms with Gasteiger partial charge in [0.05, 0.1) is 19.3 Å². The highest BCUT2D eigenvalue weighted by Crippen LogP contribution is 2.27. The van der Waals surface area contributed by atoms with E-state index >= 15 is 0 Å². The first kappa shape index (κ1) is 15.2. The molecule has 0 aliphatic rings. The average molecular weight is 305 g/mol. The summed E-state index contributed by atoms with van der Waals surface area (Å²) >= 11 is 5.94. The maximum Gasteiger partial charge on any atom is 0.243 e. The van der Waals surface area contributed by atoms with Crippen molar-refractivity contribution in [3.05, 3.63) is 53.1 Å². The molecule has 0 bridgehead atoms. The molecule has 0 heterocycles. The molecule has 5 heteroatoms. The van der Waals surface area contributed by atoms with Crippen molar-refractivity contribution in [1.82, 2.24) is 0 Å². The van der Waals surface area contributed by atoms with E-state index in [1.54, 1.807) is 25.3 Å². The fourth-order valence-corrected chi connectivity index (χ4v) is 2.09. The molecule has 2 N–H and O–H groups in total. The van der Waals surface area contributed by atoms with E-state index in [9.17, 15) is 4.79 Å². The third kappa shape index (κ3) is 4.39. The van der Waals surface area contributed by atoms with E-state index in [4.69, 9.17) is 16.3 Å². The van der Waals surface area contributed by atoms with Gasteiger partial charge in [0.2, 0.25) is 5.91 Å². The van der Waals surface area contributed by atoms with Gasteiger partial charge in [0.15, 0.2) is 0 Å². The number of carbonyl (C=O) groups is 1. The molecule has 0 saturated heterocycles. The highest BCUT2D eigenvalue weighted by atomic mass is 35.5. The summed E-state index contributed by atoms with van der Waals surface area (Å²) < 4.78 is 5.21. The van der Waals surface area contributed by atoms with Crippen molar-refractivity contribution in [3.63, 3.8) is 0 Å². The average Bonchev–Trinajstić information content (AvgIpc) is 2.45. The van der Waals surface area contributed by atoms with Crippen LogP contribution in [-0.2, 0) is 4.79 Å². The molecule has 0 spiro atoms. The smallest absolute Gasteiger partial charge is 0.243 e. The van der Waals surface area contributed by atoms with Gasteiger partial charge in [-0.3, -0.25) is 4.79 Å². The maximum absolute atomic E-state index is 11.9. The number of carbonyl (C=O) groups excluding carboxylic acids is 1. The SMILES string of the molecule is COc1ccc(Cl)cc1NCC(=O)Nc1cccc(C)c1. The summed E-state index contributed by atoms with van der Waals surface area (Å²) in [5, 5.41) is 6.43. The Balaban J connectivity index is 1.96. The van der Waals surface area contributed by atoms with Crippen molar-refractivity contribution < 1.29 is 9.53 Å². The zero-order valence-electron chi connectivity index (χ0n) is 11.9. The number of methoxy groups -OCH3 is 1. The number of amides is 1. The Labute approximate surface area is 129 Å². The van der Waals surface area contributed by atoms with Crippen molar-refractivity contribution in [2.24, 2.45) is 0 Å². The topological polar surface area (TPSA) is 50.4 Å². The largest absolute Gasteiger partial charge is 0.495 e. The van der Waals surface area contributed by atoms with Gasteiger partial charge in [0.25, 0.3) is 0 Å². The van der Waals surface area contributed by atoms with E-state index in [1.165, 1.54) is 0 Å². The third-order valence-corrected chi connectivity index (χ3v) is 3.14. The molecule has 21 heavy (non-hydrogen) atoms. The first-order valence-electron chi connectivity index (χ1n) is 6.52. The Morgan fingerprint density at radius 2 is 2.05 bits per heavy atom. The minimum atomic E-state index is -0.136. The molecule has 0 aromatic heterocycles. The quantitative estimate of drug-likeness (QED) is 0.885. The molecule has 4 nitrogen and oxygen atoms in total. The number of aryl methyl sites for hydroxylation is 1. The fraction of sp³-hybridized carbons (Fsp3) is 0.188. The van der Waals surface area contributed by atoms with Crippen LogP contribution in [0.15, 0.2) is 42.5 Å². The minimum Gasteiger partial charge on any atom is -0.495 e. The van der Waals surface area contributed by atoms with Crippen molar-refractivity contribution in [3.8, 4) is 5.75 Å². The van der Waals surface area contributed by atoms with Gasteiger partial charge in [-0.25, -0.2) is 0 Å². The van der Waals surface area contributed by atoms with Gasteiger partial charge >= 0.3 is 0 Å². The zero-order chi connectivity index (χ0) is 15.2. The van der Waals surface area contributed by atoms with Gasteiger partial charge in [-0.2, -0.15) is 0 Å². The molecule has 0 atom stereocenters. The lowest BCUT2D eigenvalue weighted by molar-refractivity contribution is -0.114. The second-order valence-electron chi connectivity index (χ2n) is 4.62. The zero-order valence-corrected chi connectivity index (χ0v) is 12.7. The molecule has 1 amide bonds. The lowest BCUT2D eigenvalue weighted by atomic mass is 10.2. The summed E-state index contributed by atoms with van der Waals surface area (Å²) in [4.78, 5) is 11.9. The number of hydrogen-bond donors (Lipinski definition) is 2. The fourth-order valence-electron chi connectivity index (χ4n) is 1.92. The monoisotopic (exact) mass is 304 g/mol. The van der Waals surface area contributed by atoms with E-state index in [0.717, 1.165) is 11.3 Å². The third-order valence-electron chi connectivity index (χ3n) is 2.90.